The lowest BCUT2D eigenvalue weighted by Gasteiger charge is -2.39. The van der Waals surface area contributed by atoms with Crippen LogP contribution >= 0.6 is 23.2 Å². The van der Waals surface area contributed by atoms with E-state index in [1.54, 1.807) is 42.7 Å². The van der Waals surface area contributed by atoms with E-state index in [0.29, 0.717) is 79.4 Å². The number of sulfonamides is 2. The fourth-order valence-corrected chi connectivity index (χ4v) is 18.3. The van der Waals surface area contributed by atoms with Gasteiger partial charge in [-0.05, 0) is 206 Å². The average molecular weight is 1750 g/mol. The Morgan fingerprint density at radius 2 is 0.976 bits per heavy atom. The van der Waals surface area contributed by atoms with Crippen LogP contribution in [0.15, 0.2) is 191 Å². The number of H-pyrrole nitrogens is 2. The van der Waals surface area contributed by atoms with Crippen molar-refractivity contribution in [2.24, 2.45) is 27.8 Å². The van der Waals surface area contributed by atoms with Crippen molar-refractivity contribution in [1.82, 2.24) is 34.5 Å². The zero-order chi connectivity index (χ0) is 86.7. The van der Waals surface area contributed by atoms with Crippen molar-refractivity contribution in [2.75, 3.05) is 125 Å². The number of pyridine rings is 2. The molecule has 4 fully saturated rings. The predicted molar refractivity (Wildman–Crippen MR) is 478 cm³/mol. The van der Waals surface area contributed by atoms with E-state index in [1.165, 1.54) is 70.3 Å². The number of benzene rings is 6. The number of carboxylic acid groups (broad SMARTS) is 1. The van der Waals surface area contributed by atoms with E-state index in [2.05, 4.69) is 107 Å². The van der Waals surface area contributed by atoms with Gasteiger partial charge in [0.1, 0.15) is 51.2 Å². The number of primary sulfonamides is 1. The molecule has 10 aromatic rings. The molecule has 4 aliphatic heterocycles. The molecular formula is C90H102Cl2N14O15S2. The lowest BCUT2D eigenvalue weighted by atomic mass is 9.72. The van der Waals surface area contributed by atoms with Gasteiger partial charge in [0, 0.05) is 174 Å². The number of hydrogen-bond acceptors (Lipinski definition) is 22. The summed E-state index contributed by atoms with van der Waals surface area (Å²) >= 11 is 12.4. The Morgan fingerprint density at radius 1 is 0.561 bits per heavy atom. The van der Waals surface area contributed by atoms with Crippen molar-refractivity contribution in [3.8, 4) is 23.0 Å². The van der Waals surface area contributed by atoms with Gasteiger partial charge in [-0.1, -0.05) is 86.3 Å². The van der Waals surface area contributed by atoms with E-state index in [9.17, 15) is 51.8 Å². The maximum Gasteiger partial charge on any atom is 0.339 e. The van der Waals surface area contributed by atoms with Gasteiger partial charge in [0.05, 0.1) is 37.6 Å². The van der Waals surface area contributed by atoms with Crippen LogP contribution in [0, 0.1) is 42.9 Å². The molecule has 648 valence electrons. The summed E-state index contributed by atoms with van der Waals surface area (Å²) in [7, 11) is -8.51. The van der Waals surface area contributed by atoms with Crippen LogP contribution in [-0.4, -0.2) is 178 Å². The van der Waals surface area contributed by atoms with Gasteiger partial charge >= 0.3 is 5.97 Å². The van der Waals surface area contributed by atoms with Crippen molar-refractivity contribution >= 4 is 122 Å². The number of nitrogens with two attached hydrogens (primary N) is 1. The first-order chi connectivity index (χ1) is 58.9. The van der Waals surface area contributed by atoms with Crippen LogP contribution in [0.1, 0.15) is 124 Å². The first-order valence-corrected chi connectivity index (χ1v) is 45.1. The van der Waals surface area contributed by atoms with E-state index in [4.69, 9.17) is 47.3 Å². The van der Waals surface area contributed by atoms with E-state index in [-0.39, 0.29) is 44.5 Å². The van der Waals surface area contributed by atoms with Crippen LogP contribution in [0.2, 0.25) is 10.0 Å². The molecule has 0 bridgehead atoms. The Bertz CT molecular complexity index is 5820. The molecule has 0 atom stereocenters. The normalized spacial score (nSPS) is 17.5. The zero-order valence-corrected chi connectivity index (χ0v) is 72.2. The summed E-state index contributed by atoms with van der Waals surface area (Å²) in [5, 5.41) is 47.2. The maximum atomic E-state index is 13.9. The molecule has 8 heterocycles. The highest BCUT2D eigenvalue weighted by molar-refractivity contribution is 7.90. The van der Waals surface area contributed by atoms with Crippen LogP contribution in [-0.2, 0) is 29.5 Å². The summed E-state index contributed by atoms with van der Waals surface area (Å²) in [5.41, 5.74) is 12.0. The van der Waals surface area contributed by atoms with Gasteiger partial charge in [-0.15, -0.1) is 0 Å². The molecule has 8 N–H and O–H groups in total. The highest BCUT2D eigenvalue weighted by atomic mass is 35.5. The summed E-state index contributed by atoms with van der Waals surface area (Å²) in [6, 6.07) is 41.4. The number of nitro groups is 2. The summed E-state index contributed by atoms with van der Waals surface area (Å²) in [5.74, 6) is -0.0122. The smallest absolute Gasteiger partial charge is 0.339 e. The van der Waals surface area contributed by atoms with E-state index >= 15 is 0 Å². The maximum absolute atomic E-state index is 13.9. The molecule has 1 amide bonds. The fourth-order valence-electron chi connectivity index (χ4n) is 16.6. The van der Waals surface area contributed by atoms with Crippen molar-refractivity contribution in [3.05, 3.63) is 234 Å². The van der Waals surface area contributed by atoms with Crippen LogP contribution in [0.4, 0.5) is 34.1 Å². The third-order valence-electron chi connectivity index (χ3n) is 23.7. The third-order valence-corrected chi connectivity index (χ3v) is 26.5. The minimum atomic E-state index is -4.55. The molecule has 29 nitrogen and oxygen atoms in total. The predicted octanol–water partition coefficient (Wildman–Crippen LogP) is 17.2. The summed E-state index contributed by atoms with van der Waals surface area (Å²) in [6.07, 6.45) is 16.7. The highest BCUT2D eigenvalue weighted by Gasteiger charge is 2.34. The summed E-state index contributed by atoms with van der Waals surface area (Å²) in [6.45, 7) is 21.6. The highest BCUT2D eigenvalue weighted by Crippen LogP contribution is 2.46. The minimum Gasteiger partial charge on any atom is -0.478 e. The van der Waals surface area contributed by atoms with Gasteiger partial charge in [-0.2, -0.15) is 0 Å². The lowest BCUT2D eigenvalue weighted by molar-refractivity contribution is -0.384. The second-order valence-electron chi connectivity index (χ2n) is 33.7. The number of ether oxygens (including phenoxy) is 4. The van der Waals surface area contributed by atoms with Gasteiger partial charge < -0.3 is 54.5 Å². The van der Waals surface area contributed by atoms with Crippen molar-refractivity contribution in [1.29, 1.82) is 0 Å². The van der Waals surface area contributed by atoms with E-state index < -0.39 is 52.4 Å². The van der Waals surface area contributed by atoms with Gasteiger partial charge in [-0.25, -0.2) is 41.5 Å². The average Bonchev–Trinajstić information content (AvgIpc) is 1.27. The number of allylic oxidation sites excluding steroid dienone is 2. The molecule has 6 aliphatic rings. The molecule has 0 saturated carbocycles. The number of carboxylic acids is 1. The molecule has 0 spiro atoms. The van der Waals surface area contributed by atoms with E-state index in [0.717, 1.165) is 173 Å². The number of aromatic carboxylic acids is 1. The first-order valence-electron chi connectivity index (χ1n) is 41.3. The van der Waals surface area contributed by atoms with Gasteiger partial charge in [0.25, 0.3) is 27.3 Å². The van der Waals surface area contributed by atoms with Crippen LogP contribution in [0.25, 0.3) is 33.2 Å². The second-order valence-corrected chi connectivity index (χ2v) is 37.8. The van der Waals surface area contributed by atoms with Crippen LogP contribution < -0.4 is 39.8 Å². The van der Waals surface area contributed by atoms with Crippen molar-refractivity contribution in [2.45, 2.75) is 102 Å². The molecule has 4 aromatic heterocycles. The second kappa shape index (κ2) is 38.8. The Labute approximate surface area is 724 Å². The monoisotopic (exact) mass is 1750 g/mol. The number of nitro benzene ring substituents is 2. The molecule has 4 saturated heterocycles. The van der Waals surface area contributed by atoms with Gasteiger partial charge in [0.2, 0.25) is 10.0 Å². The number of fused-ring (bicyclic) bond motifs is 2. The number of amides is 1. The number of halogens is 2. The third kappa shape index (κ3) is 22.9. The summed E-state index contributed by atoms with van der Waals surface area (Å²) in [4.78, 5) is 71.5. The van der Waals surface area contributed by atoms with Crippen LogP contribution in [0.3, 0.4) is 0 Å². The molecule has 0 radical (unpaired) electrons. The van der Waals surface area contributed by atoms with Crippen molar-refractivity contribution in [3.63, 3.8) is 0 Å². The van der Waals surface area contributed by atoms with Gasteiger partial charge in [0.15, 0.2) is 0 Å². The molecule has 33 heteroatoms. The quantitative estimate of drug-likeness (QED) is 0.0206. The van der Waals surface area contributed by atoms with Gasteiger partial charge in [-0.3, -0.25) is 34.8 Å². The summed E-state index contributed by atoms with van der Waals surface area (Å²) < 4.78 is 75.0. The number of rotatable bonds is 25. The first kappa shape index (κ1) is 88.3. The number of hydrogen-bond donors (Lipinski definition) is 7. The number of piperazine rings is 2. The number of carbonyl (C=O) groups is 2. The number of aromatic amines is 2. The standard InChI is InChI=1S/C45H50ClN7O7S.C33H35ClN4O3.C12H17N3O5S/c1-45(2)15-11-33(39(26-45)31-3-5-34(46)6-4-31)29-51-17-19-52(20-18-51)35-7-9-38(42(24-35)60-36-23-32-12-16-47-43(32)49-28-36)44(54)50-61(57,58)37-8-10-40(41(25-37)53(55)56)48-27-30-13-21-59-22-14-30;1-33(2)11-9-24(29(19-33)22-3-5-25(34)6-4-22)21-37-13-15-38(16-14-37)26-7-8-28(32(39)40)30(18-26)41-27-17-23-10-12-35-31(23)36-20-27;13-21(18,19)10-1-2-11(12(7-10)15(16)17)14-8-9-3-5-20-6-4-9/h3-10,12,16,23-25,28,30,48H,11,13-15,17-22,26-27,29H2,1-2H3,(H,47,49)(H,50,54);3-8,10,12,17-18,20H,9,11,13-16,19,21H2,1-2H3,(H,35,36)(H,39,40);1-2,7,9,14H,3-6,8H2,(H2,13,18,19). The molecule has 6 aromatic carbocycles. The largest absolute Gasteiger partial charge is 0.478 e. The lowest BCUT2D eigenvalue weighted by Crippen LogP contribution is -2.47. The molecule has 123 heavy (non-hydrogen) atoms. The number of aromatic nitrogens is 4. The Morgan fingerprint density at radius 3 is 1.40 bits per heavy atom. The SMILES string of the molecule is CC1(C)CCC(CN2CCN(c3ccc(C(=O)NS(=O)(=O)c4ccc(NCC5CCOCC5)c([N+](=O)[O-])c4)c(Oc4cnc5[nH]ccc5c4)c3)CC2)=C(c2ccc(Cl)cc2)C1.CC1(C)CCC(CN2CCN(c3ccc(C(=O)O)c(Oc4cnc5[nH]ccc5c4)c3)CC2)=C(c2ccc(Cl)cc2)C1.NS(=O)(=O)c1ccc(NCC2CCOCC2)c([N+](=O)[O-])c1. The number of nitrogens with one attached hydrogen (secondary N) is 5. The Balaban J connectivity index is 0.000000170. The Kier molecular flexibility index (Phi) is 27.9. The van der Waals surface area contributed by atoms with Crippen LogP contribution in [0.5, 0.6) is 23.0 Å². The Hall–Kier alpha value is -11.0. The zero-order valence-electron chi connectivity index (χ0n) is 69.1. The number of carbonyl (C=O) groups excluding carboxylic acids is 1. The number of anilines is 4. The molecule has 2 aliphatic carbocycles. The molecule has 0 unspecified atom stereocenters. The molecular weight excluding hydrogens is 1650 g/mol. The topological polar surface area (TPSA) is 378 Å². The minimum absolute atomic E-state index is 0.0359. The fraction of sp³-hybridized carbons (Fsp3) is 0.378. The number of nitrogens with zero attached hydrogens (tertiary/aromatic N) is 8. The van der Waals surface area contributed by atoms with E-state index in [1.807, 2.05) is 60.8 Å². The van der Waals surface area contributed by atoms with Crippen molar-refractivity contribution < 1.29 is 60.3 Å². The molecule has 16 rings (SSSR count).